The van der Waals surface area contributed by atoms with Crippen molar-refractivity contribution in [1.82, 2.24) is 0 Å². The monoisotopic (exact) mass is 266 g/mol. The van der Waals surface area contributed by atoms with Crippen molar-refractivity contribution >= 4 is 0 Å². The molecule has 104 valence electrons. The molecule has 0 saturated heterocycles. The molecular formula is C19H22O. The van der Waals surface area contributed by atoms with Gasteiger partial charge in [0.2, 0.25) is 0 Å². The van der Waals surface area contributed by atoms with Gasteiger partial charge in [0.25, 0.3) is 0 Å². The van der Waals surface area contributed by atoms with E-state index in [2.05, 4.69) is 64.1 Å². The zero-order valence-electron chi connectivity index (χ0n) is 12.7. The molecule has 0 bridgehead atoms. The smallest absolute Gasteiger partial charge is 0.123 e. The summed E-state index contributed by atoms with van der Waals surface area (Å²) in [4.78, 5) is 0. The molecule has 0 N–H and O–H groups in total. The summed E-state index contributed by atoms with van der Waals surface area (Å²) in [6.07, 6.45) is 0. The minimum absolute atomic E-state index is 0.381. The number of aryl methyl sites for hydroxylation is 2. The fourth-order valence-electron chi connectivity index (χ4n) is 3.14. The van der Waals surface area contributed by atoms with Crippen LogP contribution < -0.4 is 4.74 Å². The van der Waals surface area contributed by atoms with E-state index < -0.39 is 0 Å². The van der Waals surface area contributed by atoms with E-state index in [1.54, 1.807) is 0 Å². The van der Waals surface area contributed by atoms with Crippen molar-refractivity contribution in [2.24, 2.45) is 0 Å². The molecule has 2 aromatic carbocycles. The first-order valence-corrected chi connectivity index (χ1v) is 7.40. The Morgan fingerprint density at radius 1 is 1.05 bits per heavy atom. The molecule has 1 heterocycles. The molecule has 0 spiro atoms. The van der Waals surface area contributed by atoms with Crippen LogP contribution in [0.3, 0.4) is 0 Å². The topological polar surface area (TPSA) is 9.23 Å². The first-order chi connectivity index (χ1) is 9.56. The summed E-state index contributed by atoms with van der Waals surface area (Å²) in [5, 5.41) is 0. The molecule has 1 aliphatic heterocycles. The van der Waals surface area contributed by atoms with Crippen LogP contribution in [0.15, 0.2) is 36.4 Å². The summed E-state index contributed by atoms with van der Waals surface area (Å²) in [6.45, 7) is 9.55. The van der Waals surface area contributed by atoms with Gasteiger partial charge in [-0.3, -0.25) is 0 Å². The predicted molar refractivity (Wildman–Crippen MR) is 83.8 cm³/mol. The third kappa shape index (κ3) is 2.22. The Labute approximate surface area is 121 Å². The van der Waals surface area contributed by atoms with Gasteiger partial charge >= 0.3 is 0 Å². The van der Waals surface area contributed by atoms with Crippen LogP contribution in [-0.4, -0.2) is 6.61 Å². The van der Waals surface area contributed by atoms with Crippen LogP contribution in [0.2, 0.25) is 0 Å². The zero-order chi connectivity index (χ0) is 14.3. The summed E-state index contributed by atoms with van der Waals surface area (Å²) in [7, 11) is 0. The van der Waals surface area contributed by atoms with Crippen LogP contribution in [0.1, 0.15) is 53.5 Å². The maximum Gasteiger partial charge on any atom is 0.123 e. The first kappa shape index (κ1) is 13.2. The Morgan fingerprint density at radius 3 is 2.40 bits per heavy atom. The Kier molecular flexibility index (Phi) is 3.29. The number of benzene rings is 2. The van der Waals surface area contributed by atoms with Crippen LogP contribution in [0.5, 0.6) is 5.75 Å². The molecule has 1 atom stereocenters. The van der Waals surface area contributed by atoms with Gasteiger partial charge in [0, 0.05) is 11.5 Å². The number of ether oxygens (including phenoxy) is 1. The maximum absolute atomic E-state index is 5.90. The van der Waals surface area contributed by atoms with Crippen LogP contribution in [0.25, 0.3) is 0 Å². The van der Waals surface area contributed by atoms with E-state index in [0.29, 0.717) is 11.8 Å². The van der Waals surface area contributed by atoms with Gasteiger partial charge in [-0.15, -0.1) is 0 Å². The SMILES string of the molecule is Cc1cc(C)c2c(c1)OCC2c1ccc(C(C)C)cc1. The van der Waals surface area contributed by atoms with Crippen LogP contribution >= 0.6 is 0 Å². The van der Waals surface area contributed by atoms with Crippen molar-refractivity contribution in [2.75, 3.05) is 6.61 Å². The highest BCUT2D eigenvalue weighted by Crippen LogP contribution is 2.41. The summed E-state index contributed by atoms with van der Waals surface area (Å²) in [5.74, 6) is 2.03. The summed E-state index contributed by atoms with van der Waals surface area (Å²) in [6, 6.07) is 13.4. The average molecular weight is 266 g/mol. The minimum atomic E-state index is 0.381. The standard InChI is InChI=1S/C19H22O/c1-12(2)15-5-7-16(8-6-15)17-11-20-18-10-13(3)9-14(4)19(17)18/h5-10,12,17H,11H2,1-4H3. The van der Waals surface area contributed by atoms with Gasteiger partial charge in [-0.1, -0.05) is 44.2 Å². The average Bonchev–Trinajstić information content (AvgIpc) is 2.82. The molecule has 0 radical (unpaired) electrons. The number of rotatable bonds is 2. The lowest BCUT2D eigenvalue weighted by Gasteiger charge is -2.14. The van der Waals surface area contributed by atoms with E-state index in [-0.39, 0.29) is 0 Å². The highest BCUT2D eigenvalue weighted by molar-refractivity contribution is 5.52. The Bertz CT molecular complexity index is 623. The van der Waals surface area contributed by atoms with Crippen LogP contribution in [0.4, 0.5) is 0 Å². The molecular weight excluding hydrogens is 244 g/mol. The molecule has 0 fully saturated rings. The van der Waals surface area contributed by atoms with E-state index in [1.165, 1.54) is 27.8 Å². The lowest BCUT2D eigenvalue weighted by Crippen LogP contribution is -2.04. The maximum atomic E-state index is 5.90. The quantitative estimate of drug-likeness (QED) is 0.747. The van der Waals surface area contributed by atoms with Crippen molar-refractivity contribution in [2.45, 2.75) is 39.5 Å². The van der Waals surface area contributed by atoms with Gasteiger partial charge in [-0.2, -0.15) is 0 Å². The lowest BCUT2D eigenvalue weighted by atomic mass is 9.88. The van der Waals surface area contributed by atoms with E-state index in [4.69, 9.17) is 4.74 Å². The summed E-state index contributed by atoms with van der Waals surface area (Å²) < 4.78 is 5.90. The van der Waals surface area contributed by atoms with Gasteiger partial charge in [0.1, 0.15) is 5.75 Å². The number of hydrogen-bond donors (Lipinski definition) is 0. The zero-order valence-corrected chi connectivity index (χ0v) is 12.7. The molecule has 1 unspecified atom stereocenters. The van der Waals surface area contributed by atoms with E-state index in [1.807, 2.05) is 0 Å². The minimum Gasteiger partial charge on any atom is -0.492 e. The third-order valence-corrected chi connectivity index (χ3v) is 4.25. The van der Waals surface area contributed by atoms with Gasteiger partial charge in [-0.25, -0.2) is 0 Å². The van der Waals surface area contributed by atoms with E-state index in [9.17, 15) is 0 Å². The second-order valence-electron chi connectivity index (χ2n) is 6.18. The Morgan fingerprint density at radius 2 is 1.75 bits per heavy atom. The first-order valence-electron chi connectivity index (χ1n) is 7.40. The fourth-order valence-corrected chi connectivity index (χ4v) is 3.14. The second-order valence-corrected chi connectivity index (χ2v) is 6.18. The predicted octanol–water partition coefficient (Wildman–Crippen LogP) is 4.95. The van der Waals surface area contributed by atoms with Crippen molar-refractivity contribution in [1.29, 1.82) is 0 Å². The van der Waals surface area contributed by atoms with Gasteiger partial charge in [-0.05, 0) is 48.1 Å². The highest BCUT2D eigenvalue weighted by Gasteiger charge is 2.27. The molecule has 0 saturated carbocycles. The number of hydrogen-bond acceptors (Lipinski definition) is 1. The van der Waals surface area contributed by atoms with Crippen molar-refractivity contribution in [3.8, 4) is 5.75 Å². The molecule has 1 aliphatic rings. The Hall–Kier alpha value is -1.76. The summed E-state index contributed by atoms with van der Waals surface area (Å²) >= 11 is 0. The van der Waals surface area contributed by atoms with Gasteiger partial charge in [0.15, 0.2) is 0 Å². The highest BCUT2D eigenvalue weighted by atomic mass is 16.5. The molecule has 20 heavy (non-hydrogen) atoms. The molecule has 0 aliphatic carbocycles. The lowest BCUT2D eigenvalue weighted by molar-refractivity contribution is 0.343. The molecule has 1 heteroatoms. The van der Waals surface area contributed by atoms with E-state index in [0.717, 1.165) is 12.4 Å². The van der Waals surface area contributed by atoms with E-state index >= 15 is 0 Å². The number of fused-ring (bicyclic) bond motifs is 1. The van der Waals surface area contributed by atoms with Gasteiger partial charge in [0.05, 0.1) is 6.61 Å². The van der Waals surface area contributed by atoms with Crippen molar-refractivity contribution < 1.29 is 4.74 Å². The molecule has 0 amide bonds. The second kappa shape index (κ2) is 4.97. The Balaban J connectivity index is 1.98. The molecule has 2 aromatic rings. The van der Waals surface area contributed by atoms with Crippen molar-refractivity contribution in [3.05, 3.63) is 64.2 Å². The molecule has 1 nitrogen and oxygen atoms in total. The fraction of sp³-hybridized carbons (Fsp3) is 0.368. The van der Waals surface area contributed by atoms with Crippen LogP contribution in [0, 0.1) is 13.8 Å². The normalized spacial score (nSPS) is 17.1. The molecule has 0 aromatic heterocycles. The van der Waals surface area contributed by atoms with Gasteiger partial charge < -0.3 is 4.74 Å². The van der Waals surface area contributed by atoms with Crippen molar-refractivity contribution in [3.63, 3.8) is 0 Å². The molecule has 3 rings (SSSR count). The summed E-state index contributed by atoms with van der Waals surface area (Å²) in [5.41, 5.74) is 6.74. The third-order valence-electron chi connectivity index (χ3n) is 4.25. The van der Waals surface area contributed by atoms with Crippen LogP contribution in [-0.2, 0) is 0 Å². The largest absolute Gasteiger partial charge is 0.492 e.